The second kappa shape index (κ2) is 7.50. The molecule has 1 heterocycles. The van der Waals surface area contributed by atoms with Crippen LogP contribution in [0.3, 0.4) is 0 Å². The third-order valence-corrected chi connectivity index (χ3v) is 2.89. The van der Waals surface area contributed by atoms with Crippen LogP contribution < -0.4 is 5.32 Å². The summed E-state index contributed by atoms with van der Waals surface area (Å²) in [6.07, 6.45) is 1.92. The quantitative estimate of drug-likeness (QED) is 0.748. The Morgan fingerprint density at radius 3 is 2.65 bits per heavy atom. The number of esters is 1. The molecule has 0 aromatic rings. The van der Waals surface area contributed by atoms with Gasteiger partial charge in [0.1, 0.15) is 0 Å². The molecule has 1 saturated heterocycles. The summed E-state index contributed by atoms with van der Waals surface area (Å²) in [4.78, 5) is 24.7. The van der Waals surface area contributed by atoms with Crippen molar-refractivity contribution < 1.29 is 14.3 Å². The van der Waals surface area contributed by atoms with E-state index in [1.807, 2.05) is 0 Å². The van der Waals surface area contributed by atoms with Crippen LogP contribution in [0.2, 0.25) is 0 Å². The average molecular weight is 265 g/mol. The Morgan fingerprint density at radius 2 is 2.18 bits per heavy atom. The van der Waals surface area contributed by atoms with Crippen LogP contribution in [0.4, 0.5) is 0 Å². The number of ether oxygens (including phenoxy) is 1. The third-order valence-electron chi connectivity index (χ3n) is 2.89. The van der Waals surface area contributed by atoms with E-state index in [0.29, 0.717) is 6.54 Å². The number of rotatable bonds is 4. The second-order valence-electron chi connectivity index (χ2n) is 4.29. The topological polar surface area (TPSA) is 58.6 Å². The summed E-state index contributed by atoms with van der Waals surface area (Å²) in [6, 6.07) is -0.0742. The maximum absolute atomic E-state index is 11.9. The maximum atomic E-state index is 11.9. The molecule has 1 N–H and O–H groups in total. The monoisotopic (exact) mass is 264 g/mol. The minimum absolute atomic E-state index is 0. The summed E-state index contributed by atoms with van der Waals surface area (Å²) in [5.41, 5.74) is 0. The summed E-state index contributed by atoms with van der Waals surface area (Å²) in [6.45, 7) is 3.07. The maximum Gasteiger partial charge on any atom is 0.310 e. The van der Waals surface area contributed by atoms with E-state index in [1.165, 1.54) is 7.11 Å². The molecule has 1 aliphatic rings. The number of nitrogens with one attached hydrogen (secondary N) is 1. The van der Waals surface area contributed by atoms with Crippen molar-refractivity contribution in [3.05, 3.63) is 0 Å². The molecule has 2 unspecified atom stereocenters. The highest BCUT2D eigenvalue weighted by atomic mass is 35.5. The van der Waals surface area contributed by atoms with Crippen LogP contribution in [0.5, 0.6) is 0 Å². The van der Waals surface area contributed by atoms with Crippen LogP contribution >= 0.6 is 12.4 Å². The molecule has 0 radical (unpaired) electrons. The minimum Gasteiger partial charge on any atom is -0.469 e. The van der Waals surface area contributed by atoms with E-state index in [1.54, 1.807) is 18.9 Å². The molecular weight excluding hydrogens is 244 g/mol. The Labute approximate surface area is 108 Å². The van der Waals surface area contributed by atoms with E-state index < -0.39 is 0 Å². The molecular formula is C11H21ClN2O3. The molecule has 6 heteroatoms. The van der Waals surface area contributed by atoms with Crippen LogP contribution in [-0.4, -0.2) is 50.1 Å². The van der Waals surface area contributed by atoms with E-state index in [0.717, 1.165) is 19.4 Å². The molecule has 0 saturated carbocycles. The van der Waals surface area contributed by atoms with Crippen molar-refractivity contribution >= 4 is 24.3 Å². The molecule has 0 aliphatic carbocycles. The fraction of sp³-hybridized carbons (Fsp3) is 0.818. The van der Waals surface area contributed by atoms with Gasteiger partial charge in [-0.05, 0) is 19.4 Å². The van der Waals surface area contributed by atoms with Gasteiger partial charge < -0.3 is 15.0 Å². The Bertz CT molecular complexity index is 267. The van der Waals surface area contributed by atoms with Gasteiger partial charge in [-0.15, -0.1) is 12.4 Å². The number of hydrogen-bond donors (Lipinski definition) is 1. The Kier molecular flexibility index (Phi) is 7.15. The number of likely N-dealkylation sites (N-methyl/N-ethyl adjacent to an activating group) is 1. The molecule has 1 rings (SSSR count). The largest absolute Gasteiger partial charge is 0.469 e. The van der Waals surface area contributed by atoms with Gasteiger partial charge in [0.2, 0.25) is 5.91 Å². The molecule has 0 bridgehead atoms. The first-order chi connectivity index (χ1) is 7.56. The zero-order valence-corrected chi connectivity index (χ0v) is 11.4. The molecule has 1 aliphatic heterocycles. The third kappa shape index (κ3) is 4.52. The second-order valence-corrected chi connectivity index (χ2v) is 4.29. The van der Waals surface area contributed by atoms with Crippen molar-refractivity contribution in [2.24, 2.45) is 5.92 Å². The normalized spacial score (nSPS) is 20.3. The molecule has 100 valence electrons. The predicted molar refractivity (Wildman–Crippen MR) is 67.1 cm³/mol. The van der Waals surface area contributed by atoms with E-state index in [2.05, 4.69) is 10.1 Å². The number of carbonyl (C=O) groups excluding carboxylic acids is 2. The number of halogens is 1. The van der Waals surface area contributed by atoms with Crippen molar-refractivity contribution in [2.45, 2.75) is 25.8 Å². The molecule has 1 amide bonds. The molecule has 0 spiro atoms. The summed E-state index contributed by atoms with van der Waals surface area (Å²) < 4.78 is 4.63. The summed E-state index contributed by atoms with van der Waals surface area (Å²) in [5.74, 6) is -0.493. The van der Waals surface area contributed by atoms with Crippen LogP contribution in [0.1, 0.15) is 19.8 Å². The van der Waals surface area contributed by atoms with E-state index >= 15 is 0 Å². The van der Waals surface area contributed by atoms with E-state index in [-0.39, 0.29) is 36.2 Å². The van der Waals surface area contributed by atoms with Crippen molar-refractivity contribution in [1.82, 2.24) is 10.2 Å². The van der Waals surface area contributed by atoms with Gasteiger partial charge in [0.05, 0.1) is 19.1 Å². The Hall–Kier alpha value is -0.810. The molecule has 0 aromatic heterocycles. The smallest absolute Gasteiger partial charge is 0.310 e. The van der Waals surface area contributed by atoms with Crippen LogP contribution in [-0.2, 0) is 14.3 Å². The first-order valence-corrected chi connectivity index (χ1v) is 5.62. The van der Waals surface area contributed by atoms with Crippen LogP contribution in [0.15, 0.2) is 0 Å². The SMILES string of the molecule is COC(=O)C(C)CN(C)C(=O)C1CCCN1.Cl. The summed E-state index contributed by atoms with van der Waals surface area (Å²) >= 11 is 0. The van der Waals surface area contributed by atoms with Gasteiger partial charge in [-0.25, -0.2) is 0 Å². The molecule has 5 nitrogen and oxygen atoms in total. The van der Waals surface area contributed by atoms with E-state index in [4.69, 9.17) is 0 Å². The highest BCUT2D eigenvalue weighted by Crippen LogP contribution is 2.09. The zero-order chi connectivity index (χ0) is 12.1. The van der Waals surface area contributed by atoms with Crippen LogP contribution in [0.25, 0.3) is 0 Å². The Balaban J connectivity index is 0.00000256. The standard InChI is InChI=1S/C11H20N2O3.ClH/c1-8(11(15)16-3)7-13(2)10(14)9-5-4-6-12-9;/h8-9,12H,4-7H2,1-3H3;1H. The van der Waals surface area contributed by atoms with Crippen molar-refractivity contribution in [1.29, 1.82) is 0 Å². The number of hydrogen-bond acceptors (Lipinski definition) is 4. The first kappa shape index (κ1) is 16.2. The lowest BCUT2D eigenvalue weighted by atomic mass is 10.1. The number of methoxy groups -OCH3 is 1. The van der Waals surface area contributed by atoms with Crippen molar-refractivity contribution in [2.75, 3.05) is 27.2 Å². The minimum atomic E-state index is -0.279. The summed E-state index contributed by atoms with van der Waals surface area (Å²) in [7, 11) is 3.08. The van der Waals surface area contributed by atoms with Gasteiger partial charge in [-0.1, -0.05) is 6.92 Å². The van der Waals surface area contributed by atoms with Crippen molar-refractivity contribution in [3.8, 4) is 0 Å². The molecule has 0 aromatic carbocycles. The van der Waals surface area contributed by atoms with Gasteiger partial charge in [0.15, 0.2) is 0 Å². The fourth-order valence-corrected chi connectivity index (χ4v) is 1.94. The number of amides is 1. The highest BCUT2D eigenvalue weighted by Gasteiger charge is 2.26. The van der Waals surface area contributed by atoms with Gasteiger partial charge in [-0.2, -0.15) is 0 Å². The lowest BCUT2D eigenvalue weighted by Gasteiger charge is -2.23. The van der Waals surface area contributed by atoms with Gasteiger partial charge in [-0.3, -0.25) is 9.59 Å². The number of carbonyl (C=O) groups is 2. The molecule has 1 fully saturated rings. The zero-order valence-electron chi connectivity index (χ0n) is 10.6. The molecule has 17 heavy (non-hydrogen) atoms. The summed E-state index contributed by atoms with van der Waals surface area (Å²) in [5, 5.41) is 3.15. The van der Waals surface area contributed by atoms with Gasteiger partial charge >= 0.3 is 5.97 Å². The number of nitrogens with zero attached hydrogens (tertiary/aromatic N) is 1. The lowest BCUT2D eigenvalue weighted by molar-refractivity contribution is -0.146. The van der Waals surface area contributed by atoms with Crippen molar-refractivity contribution in [3.63, 3.8) is 0 Å². The molecule has 2 atom stereocenters. The van der Waals surface area contributed by atoms with Gasteiger partial charge in [0, 0.05) is 13.6 Å². The van der Waals surface area contributed by atoms with Crippen LogP contribution in [0, 0.1) is 5.92 Å². The van der Waals surface area contributed by atoms with E-state index in [9.17, 15) is 9.59 Å². The average Bonchev–Trinajstić information content (AvgIpc) is 2.79. The van der Waals surface area contributed by atoms with Gasteiger partial charge in [0.25, 0.3) is 0 Å². The highest BCUT2D eigenvalue weighted by molar-refractivity contribution is 5.85. The Morgan fingerprint density at radius 1 is 1.53 bits per heavy atom. The lowest BCUT2D eigenvalue weighted by Crippen LogP contribution is -2.44. The predicted octanol–water partition coefficient (Wildman–Crippen LogP) is 0.428. The fourth-order valence-electron chi connectivity index (χ4n) is 1.94. The first-order valence-electron chi connectivity index (χ1n) is 5.62.